The standard InChI is InChI=1S/C12H17O2PS3/c1-3-13-15(17,14-4-2)12(16)18-10-11-8-6-5-7-9-11/h5-9H,3-4,10H2,1-2H3. The van der Waals surface area contributed by atoms with Gasteiger partial charge in [-0.2, -0.15) is 0 Å². The monoisotopic (exact) mass is 320 g/mol. The van der Waals surface area contributed by atoms with Gasteiger partial charge in [0.2, 0.25) is 6.49 Å². The van der Waals surface area contributed by atoms with E-state index in [1.807, 2.05) is 32.0 Å². The van der Waals surface area contributed by atoms with Crippen LogP contribution in [0, 0.1) is 0 Å². The summed E-state index contributed by atoms with van der Waals surface area (Å²) in [5, 5.41) is 0. The summed E-state index contributed by atoms with van der Waals surface area (Å²) in [6.07, 6.45) is 0. The van der Waals surface area contributed by atoms with Crippen molar-refractivity contribution >= 4 is 46.2 Å². The van der Waals surface area contributed by atoms with Crippen LogP contribution >= 0.6 is 30.5 Å². The van der Waals surface area contributed by atoms with Crippen LogP contribution in [0.4, 0.5) is 0 Å². The third-order valence-corrected chi connectivity index (χ3v) is 8.45. The lowest BCUT2D eigenvalue weighted by Gasteiger charge is -2.21. The smallest absolute Gasteiger partial charge is 0.236 e. The Balaban J connectivity index is 2.60. The first-order valence-electron chi connectivity index (χ1n) is 5.72. The zero-order valence-electron chi connectivity index (χ0n) is 10.5. The first-order valence-corrected chi connectivity index (χ1v) is 9.76. The molecule has 1 aromatic rings. The molecule has 1 rings (SSSR count). The lowest BCUT2D eigenvalue weighted by molar-refractivity contribution is 0.278. The van der Waals surface area contributed by atoms with Crippen LogP contribution in [0.3, 0.4) is 0 Å². The molecule has 0 spiro atoms. The average Bonchev–Trinajstić information content (AvgIpc) is 2.37. The topological polar surface area (TPSA) is 18.5 Å². The Morgan fingerprint density at radius 3 is 2.22 bits per heavy atom. The minimum atomic E-state index is -2.42. The second kappa shape index (κ2) is 8.41. The van der Waals surface area contributed by atoms with E-state index in [0.717, 1.165) is 5.75 Å². The Morgan fingerprint density at radius 2 is 1.72 bits per heavy atom. The predicted octanol–water partition coefficient (Wildman–Crippen LogP) is 4.59. The summed E-state index contributed by atoms with van der Waals surface area (Å²) in [6.45, 7) is 2.46. The molecule has 100 valence electrons. The van der Waals surface area contributed by atoms with Crippen molar-refractivity contribution in [3.63, 3.8) is 0 Å². The molecule has 0 saturated carbocycles. The SMILES string of the molecule is CCOP(=S)(OCC)C(=S)SCc1ccccc1. The number of thioether (sulfide) groups is 1. The molecule has 0 amide bonds. The molecule has 18 heavy (non-hydrogen) atoms. The fraction of sp³-hybridized carbons (Fsp3) is 0.417. The van der Waals surface area contributed by atoms with E-state index in [1.54, 1.807) is 11.8 Å². The molecule has 0 saturated heterocycles. The first-order chi connectivity index (χ1) is 8.62. The van der Waals surface area contributed by atoms with Crippen molar-refractivity contribution in [2.75, 3.05) is 13.2 Å². The van der Waals surface area contributed by atoms with Gasteiger partial charge >= 0.3 is 0 Å². The highest BCUT2D eigenvalue weighted by molar-refractivity contribution is 8.43. The minimum absolute atomic E-state index is 0.531. The van der Waals surface area contributed by atoms with Crippen molar-refractivity contribution in [3.8, 4) is 0 Å². The summed E-state index contributed by atoms with van der Waals surface area (Å²) in [5.74, 6) is 0.804. The molecule has 0 heterocycles. The fourth-order valence-electron chi connectivity index (χ4n) is 1.28. The predicted molar refractivity (Wildman–Crippen MR) is 87.9 cm³/mol. The van der Waals surface area contributed by atoms with Crippen LogP contribution in [0.5, 0.6) is 0 Å². The highest BCUT2D eigenvalue weighted by atomic mass is 32.5. The number of rotatable bonds is 7. The van der Waals surface area contributed by atoms with Crippen molar-refractivity contribution in [1.82, 2.24) is 0 Å². The van der Waals surface area contributed by atoms with E-state index in [2.05, 4.69) is 12.1 Å². The molecule has 0 radical (unpaired) electrons. The van der Waals surface area contributed by atoms with E-state index in [9.17, 15) is 0 Å². The second-order valence-corrected chi connectivity index (χ2v) is 9.03. The lowest BCUT2D eigenvalue weighted by Crippen LogP contribution is -2.02. The Kier molecular flexibility index (Phi) is 7.61. The molecule has 0 atom stereocenters. The van der Waals surface area contributed by atoms with E-state index >= 15 is 0 Å². The van der Waals surface area contributed by atoms with Crippen LogP contribution < -0.4 is 0 Å². The number of hydrogen-bond acceptors (Lipinski definition) is 5. The summed E-state index contributed by atoms with van der Waals surface area (Å²) in [5.41, 5.74) is 1.22. The van der Waals surface area contributed by atoms with Crippen LogP contribution in [0.15, 0.2) is 30.3 Å². The van der Waals surface area contributed by atoms with Crippen molar-refractivity contribution in [2.45, 2.75) is 19.6 Å². The molecular weight excluding hydrogens is 303 g/mol. The van der Waals surface area contributed by atoms with Crippen molar-refractivity contribution in [3.05, 3.63) is 35.9 Å². The molecule has 0 aliphatic rings. The number of hydrogen-bond donors (Lipinski definition) is 0. The largest absolute Gasteiger partial charge is 0.325 e. The minimum Gasteiger partial charge on any atom is -0.325 e. The molecule has 0 aliphatic heterocycles. The van der Waals surface area contributed by atoms with E-state index < -0.39 is 6.49 Å². The van der Waals surface area contributed by atoms with Crippen LogP contribution in [0.25, 0.3) is 0 Å². The summed E-state index contributed by atoms with van der Waals surface area (Å²) in [4.78, 5) is 0. The van der Waals surface area contributed by atoms with Gasteiger partial charge in [0.05, 0.1) is 13.2 Å². The van der Waals surface area contributed by atoms with Gasteiger partial charge < -0.3 is 9.05 Å². The van der Waals surface area contributed by atoms with Gasteiger partial charge in [-0.3, -0.25) is 0 Å². The zero-order chi connectivity index (χ0) is 13.4. The lowest BCUT2D eigenvalue weighted by atomic mass is 10.2. The first kappa shape index (κ1) is 16.3. The number of benzene rings is 1. The van der Waals surface area contributed by atoms with Gasteiger partial charge in [-0.05, 0) is 31.2 Å². The van der Waals surface area contributed by atoms with Gasteiger partial charge in [0.15, 0.2) is 0 Å². The Morgan fingerprint density at radius 1 is 1.17 bits per heavy atom. The summed E-state index contributed by atoms with van der Waals surface area (Å²) in [6, 6.07) is 10.2. The average molecular weight is 320 g/mol. The van der Waals surface area contributed by atoms with Crippen molar-refractivity contribution in [2.24, 2.45) is 0 Å². The quantitative estimate of drug-likeness (QED) is 0.539. The third-order valence-electron chi connectivity index (χ3n) is 2.03. The normalized spacial score (nSPS) is 11.4. The molecule has 0 fully saturated rings. The van der Waals surface area contributed by atoms with Crippen molar-refractivity contribution in [1.29, 1.82) is 0 Å². The van der Waals surface area contributed by atoms with Gasteiger partial charge in [-0.25, -0.2) is 0 Å². The second-order valence-electron chi connectivity index (χ2n) is 3.37. The molecule has 2 nitrogen and oxygen atoms in total. The summed E-state index contributed by atoms with van der Waals surface area (Å²) >= 11 is 12.4. The van der Waals surface area contributed by atoms with Crippen LogP contribution in [0.2, 0.25) is 0 Å². The maximum absolute atomic E-state index is 5.56. The van der Waals surface area contributed by atoms with Crippen molar-refractivity contribution < 1.29 is 9.05 Å². The number of thiocarbonyl (C=S) groups is 1. The van der Waals surface area contributed by atoms with Crippen LogP contribution in [-0.2, 0) is 26.6 Å². The van der Waals surface area contributed by atoms with E-state index in [4.69, 9.17) is 33.1 Å². The van der Waals surface area contributed by atoms with Gasteiger partial charge in [0, 0.05) is 5.75 Å². The molecule has 6 heteroatoms. The van der Waals surface area contributed by atoms with Crippen LogP contribution in [-0.4, -0.2) is 17.2 Å². The highest BCUT2D eigenvalue weighted by Gasteiger charge is 2.24. The maximum Gasteiger partial charge on any atom is 0.236 e. The van der Waals surface area contributed by atoms with E-state index in [1.165, 1.54) is 5.56 Å². The Labute approximate surface area is 124 Å². The molecule has 0 unspecified atom stereocenters. The van der Waals surface area contributed by atoms with Gasteiger partial charge in [-0.1, -0.05) is 42.5 Å². The Hall–Kier alpha value is 0.230. The molecular formula is C12H17O2PS3. The zero-order valence-corrected chi connectivity index (χ0v) is 13.8. The van der Waals surface area contributed by atoms with Gasteiger partial charge in [0.25, 0.3) is 0 Å². The van der Waals surface area contributed by atoms with E-state index in [0.29, 0.717) is 17.2 Å². The van der Waals surface area contributed by atoms with E-state index in [-0.39, 0.29) is 0 Å². The molecule has 1 aromatic carbocycles. The third kappa shape index (κ3) is 5.08. The Bertz CT molecular complexity index is 413. The molecule has 0 aromatic heterocycles. The van der Waals surface area contributed by atoms with Crippen LogP contribution in [0.1, 0.15) is 19.4 Å². The summed E-state index contributed by atoms with van der Waals surface area (Å²) < 4.78 is 11.8. The summed E-state index contributed by atoms with van der Waals surface area (Å²) in [7, 11) is 0. The molecule has 0 N–H and O–H groups in total. The maximum atomic E-state index is 5.56. The van der Waals surface area contributed by atoms with Gasteiger partial charge in [0.1, 0.15) is 3.94 Å². The highest BCUT2D eigenvalue weighted by Crippen LogP contribution is 2.54. The van der Waals surface area contributed by atoms with Gasteiger partial charge in [-0.15, -0.1) is 11.8 Å². The molecule has 0 aliphatic carbocycles. The fourth-order valence-corrected chi connectivity index (χ4v) is 5.47. The molecule has 0 bridgehead atoms.